The number of hydrazine groups is 1. The molecule has 1 fully saturated rings. The molecule has 0 unspecified atom stereocenters. The van der Waals surface area contributed by atoms with E-state index in [-0.39, 0.29) is 22.8 Å². The van der Waals surface area contributed by atoms with E-state index in [1.807, 2.05) is 0 Å². The summed E-state index contributed by atoms with van der Waals surface area (Å²) in [5.41, 5.74) is 2.18. The fourth-order valence-electron chi connectivity index (χ4n) is 2.38. The first kappa shape index (κ1) is 14.3. The van der Waals surface area contributed by atoms with Crippen molar-refractivity contribution in [1.82, 2.24) is 4.90 Å². The van der Waals surface area contributed by atoms with E-state index in [0.29, 0.717) is 12.5 Å². The van der Waals surface area contributed by atoms with Crippen LogP contribution < -0.4 is 11.3 Å². The molecule has 20 heavy (non-hydrogen) atoms. The van der Waals surface area contributed by atoms with Crippen LogP contribution in [0.1, 0.15) is 29.6 Å². The number of nitro benzene ring substituents is 1. The van der Waals surface area contributed by atoms with E-state index < -0.39 is 4.92 Å². The summed E-state index contributed by atoms with van der Waals surface area (Å²) >= 11 is 0. The van der Waals surface area contributed by atoms with Gasteiger partial charge >= 0.3 is 5.69 Å². The van der Waals surface area contributed by atoms with Crippen molar-refractivity contribution in [2.45, 2.75) is 19.3 Å². The molecule has 1 aliphatic rings. The second kappa shape index (κ2) is 5.87. The van der Waals surface area contributed by atoms with E-state index in [1.165, 1.54) is 18.6 Å². The Balaban J connectivity index is 2.26. The van der Waals surface area contributed by atoms with Gasteiger partial charge in [-0.25, -0.2) is 0 Å². The van der Waals surface area contributed by atoms with Crippen molar-refractivity contribution in [3.05, 3.63) is 33.9 Å². The van der Waals surface area contributed by atoms with E-state index >= 15 is 0 Å². The molecule has 0 heterocycles. The maximum atomic E-state index is 12.4. The first-order valence-corrected chi connectivity index (χ1v) is 6.54. The van der Waals surface area contributed by atoms with Gasteiger partial charge in [-0.05, 0) is 30.9 Å². The number of nitro groups is 1. The summed E-state index contributed by atoms with van der Waals surface area (Å²) in [6, 6.07) is 4.51. The van der Waals surface area contributed by atoms with E-state index in [4.69, 9.17) is 5.84 Å². The molecule has 3 N–H and O–H groups in total. The zero-order valence-electron chi connectivity index (χ0n) is 11.3. The molecule has 1 aliphatic carbocycles. The number of hydrogen-bond acceptors (Lipinski definition) is 5. The minimum Gasteiger partial charge on any atom is -0.341 e. The van der Waals surface area contributed by atoms with Gasteiger partial charge in [-0.15, -0.1) is 0 Å². The smallest absolute Gasteiger partial charge is 0.306 e. The molecule has 1 saturated carbocycles. The lowest BCUT2D eigenvalue weighted by Gasteiger charge is -2.30. The van der Waals surface area contributed by atoms with Crippen LogP contribution in [0.25, 0.3) is 0 Å². The van der Waals surface area contributed by atoms with E-state index in [2.05, 4.69) is 5.43 Å². The van der Waals surface area contributed by atoms with Gasteiger partial charge in [0.15, 0.2) is 0 Å². The molecule has 0 aromatic heterocycles. The maximum Gasteiger partial charge on any atom is 0.306 e. The molecule has 108 valence electrons. The third-order valence-electron chi connectivity index (χ3n) is 3.71. The average Bonchev–Trinajstić information content (AvgIpc) is 2.40. The SMILES string of the molecule is CN(CC1CCC1)C(=O)c1cccc(NN)c1[N+](=O)[O-]. The van der Waals surface area contributed by atoms with Crippen LogP contribution in [-0.2, 0) is 0 Å². The highest BCUT2D eigenvalue weighted by molar-refractivity contribution is 6.00. The Hall–Kier alpha value is -2.15. The minimum atomic E-state index is -0.584. The van der Waals surface area contributed by atoms with Crippen LogP contribution in [0, 0.1) is 16.0 Å². The average molecular weight is 278 g/mol. The third-order valence-corrected chi connectivity index (χ3v) is 3.71. The molecule has 2 rings (SSSR count). The van der Waals surface area contributed by atoms with Crippen molar-refractivity contribution in [2.24, 2.45) is 11.8 Å². The second-order valence-corrected chi connectivity index (χ2v) is 5.09. The number of nitrogens with two attached hydrogens (primary N) is 1. The zero-order chi connectivity index (χ0) is 14.7. The fourth-order valence-corrected chi connectivity index (χ4v) is 2.38. The van der Waals surface area contributed by atoms with Crippen LogP contribution in [0.4, 0.5) is 11.4 Å². The molecule has 0 bridgehead atoms. The Bertz CT molecular complexity index is 528. The van der Waals surface area contributed by atoms with Crippen LogP contribution in [0.15, 0.2) is 18.2 Å². The van der Waals surface area contributed by atoms with Gasteiger partial charge in [0.1, 0.15) is 11.3 Å². The maximum absolute atomic E-state index is 12.4. The van der Waals surface area contributed by atoms with Crippen LogP contribution in [-0.4, -0.2) is 29.3 Å². The number of carbonyl (C=O) groups is 1. The number of nitrogens with one attached hydrogen (secondary N) is 1. The Labute approximate surface area is 116 Å². The highest BCUT2D eigenvalue weighted by Crippen LogP contribution is 2.30. The lowest BCUT2D eigenvalue weighted by atomic mass is 9.85. The molecule has 1 amide bonds. The number of hydrogen-bond donors (Lipinski definition) is 2. The molecule has 0 aliphatic heterocycles. The van der Waals surface area contributed by atoms with Crippen LogP contribution in [0.3, 0.4) is 0 Å². The zero-order valence-corrected chi connectivity index (χ0v) is 11.3. The van der Waals surface area contributed by atoms with Crippen molar-refractivity contribution < 1.29 is 9.72 Å². The number of carbonyl (C=O) groups excluding carboxylic acids is 1. The van der Waals surface area contributed by atoms with Gasteiger partial charge in [0.25, 0.3) is 5.91 Å². The van der Waals surface area contributed by atoms with Gasteiger partial charge in [-0.2, -0.15) is 0 Å². The van der Waals surface area contributed by atoms with Gasteiger partial charge < -0.3 is 10.3 Å². The number of amides is 1. The summed E-state index contributed by atoms with van der Waals surface area (Å²) in [5, 5.41) is 11.2. The van der Waals surface area contributed by atoms with E-state index in [0.717, 1.165) is 12.8 Å². The number of nitrogen functional groups attached to an aromatic ring is 1. The van der Waals surface area contributed by atoms with Gasteiger partial charge in [0.2, 0.25) is 0 Å². The molecule has 0 atom stereocenters. The second-order valence-electron chi connectivity index (χ2n) is 5.09. The molecule has 7 nitrogen and oxygen atoms in total. The monoisotopic (exact) mass is 278 g/mol. The number of benzene rings is 1. The molecular formula is C13H18N4O3. The van der Waals surface area contributed by atoms with Crippen molar-refractivity contribution in [3.63, 3.8) is 0 Å². The summed E-state index contributed by atoms with van der Waals surface area (Å²) in [6.07, 6.45) is 3.42. The van der Waals surface area contributed by atoms with Crippen molar-refractivity contribution in [2.75, 3.05) is 19.0 Å². The number of anilines is 1. The molecule has 7 heteroatoms. The molecule has 1 aromatic rings. The Morgan fingerprint density at radius 1 is 1.55 bits per heavy atom. The highest BCUT2D eigenvalue weighted by atomic mass is 16.6. The van der Waals surface area contributed by atoms with Crippen molar-refractivity contribution in [3.8, 4) is 0 Å². The number of rotatable bonds is 5. The lowest BCUT2D eigenvalue weighted by Crippen LogP contribution is -2.34. The minimum absolute atomic E-state index is 0.0623. The predicted molar refractivity (Wildman–Crippen MR) is 75.2 cm³/mol. The van der Waals surface area contributed by atoms with Crippen LogP contribution in [0.2, 0.25) is 0 Å². The summed E-state index contributed by atoms with van der Waals surface area (Å²) in [7, 11) is 1.67. The molecule has 1 aromatic carbocycles. The quantitative estimate of drug-likeness (QED) is 0.485. The van der Waals surface area contributed by atoms with Crippen molar-refractivity contribution in [1.29, 1.82) is 0 Å². The Morgan fingerprint density at radius 2 is 2.25 bits per heavy atom. The standard InChI is InChI=1S/C13H18N4O3/c1-16(8-9-4-2-5-9)13(18)10-6-3-7-11(15-14)12(10)17(19)20/h3,6-7,9,15H,2,4-5,8,14H2,1H3. The van der Waals surface area contributed by atoms with Crippen molar-refractivity contribution >= 4 is 17.3 Å². The third kappa shape index (κ3) is 2.72. The first-order valence-electron chi connectivity index (χ1n) is 6.54. The largest absolute Gasteiger partial charge is 0.341 e. The van der Waals surface area contributed by atoms with E-state index in [9.17, 15) is 14.9 Å². The van der Waals surface area contributed by atoms with Crippen LogP contribution >= 0.6 is 0 Å². The lowest BCUT2D eigenvalue weighted by molar-refractivity contribution is -0.384. The molecule has 0 radical (unpaired) electrons. The van der Waals surface area contributed by atoms with Gasteiger partial charge in [0.05, 0.1) is 4.92 Å². The number of nitrogens with zero attached hydrogens (tertiary/aromatic N) is 2. The first-order chi connectivity index (χ1) is 9.54. The summed E-state index contributed by atoms with van der Waals surface area (Å²) < 4.78 is 0. The Kier molecular flexibility index (Phi) is 4.19. The molecular weight excluding hydrogens is 260 g/mol. The van der Waals surface area contributed by atoms with E-state index in [1.54, 1.807) is 18.0 Å². The topological polar surface area (TPSA) is 102 Å². The van der Waals surface area contributed by atoms with Gasteiger partial charge in [0, 0.05) is 13.6 Å². The molecule has 0 saturated heterocycles. The van der Waals surface area contributed by atoms with Gasteiger partial charge in [-0.3, -0.25) is 20.8 Å². The predicted octanol–water partition coefficient (Wildman–Crippen LogP) is 1.75. The Morgan fingerprint density at radius 3 is 2.75 bits per heavy atom. The summed E-state index contributed by atoms with van der Waals surface area (Å²) in [4.78, 5) is 24.5. The normalized spacial score (nSPS) is 14.5. The molecule has 0 spiro atoms. The number of para-hydroxylation sites is 1. The van der Waals surface area contributed by atoms with Crippen LogP contribution in [0.5, 0.6) is 0 Å². The summed E-state index contributed by atoms with van der Waals surface area (Å²) in [5.74, 6) is 5.43. The summed E-state index contributed by atoms with van der Waals surface area (Å²) in [6.45, 7) is 0.635. The van der Waals surface area contributed by atoms with Gasteiger partial charge in [-0.1, -0.05) is 12.5 Å². The fraction of sp³-hybridized carbons (Fsp3) is 0.462. The highest BCUT2D eigenvalue weighted by Gasteiger charge is 2.28.